The van der Waals surface area contributed by atoms with E-state index in [4.69, 9.17) is 0 Å². The van der Waals surface area contributed by atoms with Gasteiger partial charge in [-0.2, -0.15) is 0 Å². The zero-order valence-corrected chi connectivity index (χ0v) is 6.55. The average Bonchev–Trinajstić information content (AvgIpc) is 1.69. The van der Waals surface area contributed by atoms with Gasteiger partial charge in [-0.3, -0.25) is 4.31 Å². The van der Waals surface area contributed by atoms with E-state index in [1.54, 1.807) is 0 Å². The van der Waals surface area contributed by atoms with Crippen LogP contribution in [0.4, 0.5) is 0 Å². The van der Waals surface area contributed by atoms with Gasteiger partial charge in [-0.1, -0.05) is 19.2 Å². The Hall–Kier alpha value is 0.600. The topological polar surface area (TPSA) is 3.24 Å². The van der Waals surface area contributed by atoms with E-state index in [0.717, 1.165) is 0 Å². The molecule has 0 N–H and O–H groups in total. The fourth-order valence-corrected chi connectivity index (χ4v) is 1.16. The molecular weight excluding hydrogens is 142 g/mol. The van der Waals surface area contributed by atoms with E-state index in [9.17, 15) is 0 Å². The van der Waals surface area contributed by atoms with Crippen molar-refractivity contribution >= 4 is 25.2 Å². The van der Waals surface area contributed by atoms with E-state index < -0.39 is 0 Å². The Balaban J connectivity index is 0.000000490. The molecule has 0 atom stereocenters. The van der Waals surface area contributed by atoms with Crippen LogP contribution in [0.25, 0.3) is 0 Å². The van der Waals surface area contributed by atoms with E-state index in [2.05, 4.69) is 17.1 Å². The van der Waals surface area contributed by atoms with Crippen LogP contribution in [0.2, 0.25) is 0 Å². The number of nitrogens with zero attached hydrogens (tertiary/aromatic N) is 1. The van der Waals surface area contributed by atoms with Crippen LogP contribution < -0.4 is 0 Å². The van der Waals surface area contributed by atoms with Gasteiger partial charge < -0.3 is 0 Å². The highest BCUT2D eigenvalue weighted by molar-refractivity contribution is 7.77. The first-order valence-corrected chi connectivity index (χ1v) is 3.23. The van der Waals surface area contributed by atoms with Crippen LogP contribution in [-0.4, -0.2) is 17.4 Å². The van der Waals surface area contributed by atoms with Crippen molar-refractivity contribution in [1.82, 2.24) is 4.31 Å². The van der Waals surface area contributed by atoms with Crippen molar-refractivity contribution in [2.75, 3.05) is 13.1 Å². The summed E-state index contributed by atoms with van der Waals surface area (Å²) in [6, 6.07) is 0. The summed E-state index contributed by atoms with van der Waals surface area (Å²) in [5.41, 5.74) is 0. The van der Waals surface area contributed by atoms with E-state index in [-0.39, 0.29) is 12.4 Å². The molecule has 1 heterocycles. The molecule has 0 amide bonds. The van der Waals surface area contributed by atoms with E-state index in [1.807, 2.05) is 0 Å². The van der Waals surface area contributed by atoms with Crippen molar-refractivity contribution in [2.45, 2.75) is 19.3 Å². The molecule has 1 nitrogen and oxygen atoms in total. The predicted molar refractivity (Wildman–Crippen MR) is 41.7 cm³/mol. The number of halogens is 1. The summed E-state index contributed by atoms with van der Waals surface area (Å²) in [6.45, 7) is 2.37. The van der Waals surface area contributed by atoms with Crippen LogP contribution in [-0.2, 0) is 0 Å². The second kappa shape index (κ2) is 4.48. The van der Waals surface area contributed by atoms with Gasteiger partial charge in [0, 0.05) is 13.1 Å². The third-order valence-electron chi connectivity index (χ3n) is 1.33. The van der Waals surface area contributed by atoms with E-state index in [0.29, 0.717) is 0 Å². The van der Waals surface area contributed by atoms with Gasteiger partial charge in [-0.05, 0) is 12.8 Å². The molecule has 1 aliphatic heterocycles. The van der Waals surface area contributed by atoms with Crippen LogP contribution >= 0.6 is 25.2 Å². The molecule has 0 radical (unpaired) electrons. The Bertz CT molecular complexity index is 54.4. The zero-order chi connectivity index (χ0) is 5.11. The average molecular weight is 154 g/mol. The number of hydrogen-bond donors (Lipinski definition) is 1. The van der Waals surface area contributed by atoms with Gasteiger partial charge >= 0.3 is 0 Å². The van der Waals surface area contributed by atoms with Crippen molar-refractivity contribution in [3.05, 3.63) is 0 Å². The lowest BCUT2D eigenvalue weighted by Crippen LogP contribution is -2.19. The first kappa shape index (κ1) is 8.60. The molecule has 1 aliphatic rings. The first-order valence-electron chi connectivity index (χ1n) is 2.83. The van der Waals surface area contributed by atoms with Crippen molar-refractivity contribution in [3.63, 3.8) is 0 Å². The number of piperidine rings is 1. The molecule has 1 saturated heterocycles. The summed E-state index contributed by atoms with van der Waals surface area (Å²) in [6.07, 6.45) is 4.07. The highest BCUT2D eigenvalue weighted by Crippen LogP contribution is 2.08. The third-order valence-corrected chi connectivity index (χ3v) is 1.73. The summed E-state index contributed by atoms with van der Waals surface area (Å²) in [7, 11) is 0. The van der Waals surface area contributed by atoms with Crippen LogP contribution in [0.5, 0.6) is 0 Å². The van der Waals surface area contributed by atoms with Gasteiger partial charge in [0.2, 0.25) is 0 Å². The standard InChI is InChI=1S/C5H11NS.ClH/c7-6-4-2-1-3-5-6;/h7H,1-5H2;1H. The molecule has 0 aliphatic carbocycles. The largest absolute Gasteiger partial charge is 0.253 e. The zero-order valence-electron chi connectivity index (χ0n) is 4.84. The fraction of sp³-hybridized carbons (Fsp3) is 1.00. The molecule has 8 heavy (non-hydrogen) atoms. The Morgan fingerprint density at radius 3 is 1.75 bits per heavy atom. The van der Waals surface area contributed by atoms with Gasteiger partial charge in [0.05, 0.1) is 0 Å². The van der Waals surface area contributed by atoms with Crippen molar-refractivity contribution in [2.24, 2.45) is 0 Å². The van der Waals surface area contributed by atoms with Crippen molar-refractivity contribution in [3.8, 4) is 0 Å². The minimum Gasteiger partial charge on any atom is -0.253 e. The normalized spacial score (nSPS) is 22.1. The van der Waals surface area contributed by atoms with Crippen LogP contribution in [0.15, 0.2) is 0 Å². The lowest BCUT2D eigenvalue weighted by Gasteiger charge is -2.19. The van der Waals surface area contributed by atoms with E-state index >= 15 is 0 Å². The fourth-order valence-electron chi connectivity index (χ4n) is 0.877. The molecule has 0 saturated carbocycles. The highest BCUT2D eigenvalue weighted by atomic mass is 35.5. The van der Waals surface area contributed by atoms with Gasteiger partial charge in [0.15, 0.2) is 0 Å². The summed E-state index contributed by atoms with van der Waals surface area (Å²) >= 11 is 4.19. The van der Waals surface area contributed by atoms with Gasteiger partial charge in [0.25, 0.3) is 0 Å². The second-order valence-electron chi connectivity index (χ2n) is 2.01. The van der Waals surface area contributed by atoms with Crippen LogP contribution in [0.1, 0.15) is 19.3 Å². The maximum atomic E-state index is 4.19. The predicted octanol–water partition coefficient (Wildman–Crippen LogP) is 1.74. The highest BCUT2D eigenvalue weighted by Gasteiger charge is 2.03. The van der Waals surface area contributed by atoms with Gasteiger partial charge in [-0.15, -0.1) is 12.4 Å². The molecule has 0 bridgehead atoms. The summed E-state index contributed by atoms with van der Waals surface area (Å²) in [5, 5.41) is 0. The molecule has 1 rings (SSSR count). The SMILES string of the molecule is Cl.SN1CCCCC1. The number of thiol groups is 1. The Kier molecular flexibility index (Phi) is 4.81. The second-order valence-corrected chi connectivity index (χ2v) is 2.58. The summed E-state index contributed by atoms with van der Waals surface area (Å²) in [5.74, 6) is 0. The molecule has 3 heteroatoms. The molecule has 0 spiro atoms. The molecular formula is C5H12ClNS. The summed E-state index contributed by atoms with van der Waals surface area (Å²) < 4.78 is 2.09. The number of hydrogen-bond acceptors (Lipinski definition) is 2. The van der Waals surface area contributed by atoms with Crippen molar-refractivity contribution in [1.29, 1.82) is 0 Å². The molecule has 0 unspecified atom stereocenters. The smallest absolute Gasteiger partial charge is 0.00869 e. The van der Waals surface area contributed by atoms with Gasteiger partial charge in [-0.25, -0.2) is 0 Å². The lowest BCUT2D eigenvalue weighted by atomic mass is 10.2. The summed E-state index contributed by atoms with van der Waals surface area (Å²) in [4.78, 5) is 0. The molecule has 50 valence electrons. The molecule has 1 fully saturated rings. The maximum absolute atomic E-state index is 4.19. The lowest BCUT2D eigenvalue weighted by molar-refractivity contribution is 0.385. The Labute approximate surface area is 62.4 Å². The quantitative estimate of drug-likeness (QED) is 0.519. The maximum Gasteiger partial charge on any atom is 0.00869 e. The molecule has 0 aromatic rings. The Morgan fingerprint density at radius 1 is 1.00 bits per heavy atom. The first-order chi connectivity index (χ1) is 3.39. The van der Waals surface area contributed by atoms with Gasteiger partial charge in [0.1, 0.15) is 0 Å². The Morgan fingerprint density at radius 2 is 1.50 bits per heavy atom. The minimum atomic E-state index is 0. The monoisotopic (exact) mass is 153 g/mol. The molecule has 0 aromatic carbocycles. The number of rotatable bonds is 0. The van der Waals surface area contributed by atoms with Crippen molar-refractivity contribution < 1.29 is 0 Å². The van der Waals surface area contributed by atoms with Crippen LogP contribution in [0.3, 0.4) is 0 Å². The minimum absolute atomic E-state index is 0. The van der Waals surface area contributed by atoms with Crippen LogP contribution in [0, 0.1) is 0 Å². The third kappa shape index (κ3) is 2.80. The molecule has 0 aromatic heterocycles. The van der Waals surface area contributed by atoms with E-state index in [1.165, 1.54) is 32.4 Å².